The Morgan fingerprint density at radius 3 is 1.32 bits per heavy atom. The summed E-state index contributed by atoms with van der Waals surface area (Å²) in [5, 5.41) is 0. The van der Waals surface area contributed by atoms with Crippen molar-refractivity contribution in [3.05, 3.63) is 304 Å². The van der Waals surface area contributed by atoms with Crippen molar-refractivity contribution in [3.63, 3.8) is 0 Å². The lowest BCUT2D eigenvalue weighted by Crippen LogP contribution is -2.44. The summed E-state index contributed by atoms with van der Waals surface area (Å²) in [7, 11) is 0. The van der Waals surface area contributed by atoms with Crippen LogP contribution in [0.2, 0.25) is 0 Å². The van der Waals surface area contributed by atoms with Crippen LogP contribution in [0, 0.1) is 0 Å². The maximum atomic E-state index is 2.51. The Hall–Kier alpha value is -8.00. The number of para-hydroxylation sites is 2. The van der Waals surface area contributed by atoms with Gasteiger partial charge < -0.3 is 4.90 Å². The summed E-state index contributed by atoms with van der Waals surface area (Å²) in [6.45, 7) is 4.81. The molecule has 0 amide bonds. The fraction of sp³-hybridized carbons (Fsp3) is 0.0769. The Balaban J connectivity index is 1.03. The van der Waals surface area contributed by atoms with Crippen molar-refractivity contribution >= 4 is 17.1 Å². The highest BCUT2D eigenvalue weighted by Crippen LogP contribution is 2.66. The molecule has 0 spiro atoms. The van der Waals surface area contributed by atoms with E-state index in [-0.39, 0.29) is 5.41 Å². The lowest BCUT2D eigenvalue weighted by molar-refractivity contribution is 0.627. The highest BCUT2D eigenvalue weighted by molar-refractivity contribution is 5.93. The van der Waals surface area contributed by atoms with Gasteiger partial charge in [-0.1, -0.05) is 220 Å². The monoisotopic (exact) mass is 841 g/mol. The number of rotatable bonds is 7. The van der Waals surface area contributed by atoms with E-state index in [0.29, 0.717) is 0 Å². The summed E-state index contributed by atoms with van der Waals surface area (Å²) in [5.74, 6) is 0. The van der Waals surface area contributed by atoms with Crippen molar-refractivity contribution in [2.45, 2.75) is 30.1 Å². The van der Waals surface area contributed by atoms with Gasteiger partial charge in [-0.3, -0.25) is 0 Å². The second-order valence-electron chi connectivity index (χ2n) is 18.7. The average Bonchev–Trinajstić information content (AvgIpc) is 3.81. The van der Waals surface area contributed by atoms with E-state index in [2.05, 4.69) is 267 Å². The molecule has 1 heteroatoms. The summed E-state index contributed by atoms with van der Waals surface area (Å²) in [6.07, 6.45) is 0. The molecule has 0 heterocycles. The third-order valence-corrected chi connectivity index (χ3v) is 15.2. The van der Waals surface area contributed by atoms with Crippen molar-refractivity contribution < 1.29 is 0 Å². The Morgan fingerprint density at radius 2 is 0.697 bits per heavy atom. The molecule has 2 unspecified atom stereocenters. The molecular formula is C65H47N. The van der Waals surface area contributed by atoms with Gasteiger partial charge in [0.25, 0.3) is 0 Å². The zero-order valence-electron chi connectivity index (χ0n) is 37.1. The standard InChI is InChI=1S/C65H47N/c1-63(2)60-42-44(38-40-52(60)53-41-39-49(43-61(53)63)66(47-26-11-5-12-27-47)48-28-13-6-14-29-48)50-30-15-17-33-55(50)64(45-22-7-3-8-23-45)57-35-19-20-36-58(57)65(46-24-9-4-10-25-46)56-34-18-16-31-51(56)54-32-21-37-59(64)62(54)65/h3-43H,1-2H3. The van der Waals surface area contributed by atoms with Crippen molar-refractivity contribution in [2.24, 2.45) is 0 Å². The van der Waals surface area contributed by atoms with E-state index in [1.54, 1.807) is 0 Å². The predicted octanol–water partition coefficient (Wildman–Crippen LogP) is 16.2. The molecule has 0 fully saturated rings. The van der Waals surface area contributed by atoms with Gasteiger partial charge in [-0.2, -0.15) is 0 Å². The molecule has 0 aliphatic heterocycles. The molecule has 3 aliphatic carbocycles. The molecule has 0 aromatic heterocycles. The van der Waals surface area contributed by atoms with Gasteiger partial charge in [-0.05, 0) is 131 Å². The zero-order valence-corrected chi connectivity index (χ0v) is 37.1. The van der Waals surface area contributed by atoms with E-state index in [1.165, 1.54) is 89.0 Å². The van der Waals surface area contributed by atoms with Gasteiger partial charge in [0.05, 0.1) is 10.8 Å². The average molecular weight is 842 g/mol. The number of hydrogen-bond donors (Lipinski definition) is 0. The molecule has 2 atom stereocenters. The molecule has 1 nitrogen and oxygen atoms in total. The van der Waals surface area contributed by atoms with Gasteiger partial charge in [0.15, 0.2) is 0 Å². The minimum atomic E-state index is -0.648. The van der Waals surface area contributed by atoms with E-state index >= 15 is 0 Å². The van der Waals surface area contributed by atoms with Gasteiger partial charge in [-0.15, -0.1) is 0 Å². The molecule has 10 aromatic carbocycles. The minimum Gasteiger partial charge on any atom is -0.310 e. The summed E-state index contributed by atoms with van der Waals surface area (Å²) in [6, 6.07) is 93.2. The van der Waals surface area contributed by atoms with Gasteiger partial charge in [0.1, 0.15) is 0 Å². The molecule has 0 bridgehead atoms. The second kappa shape index (κ2) is 14.5. The summed E-state index contributed by atoms with van der Waals surface area (Å²) >= 11 is 0. The van der Waals surface area contributed by atoms with Crippen LogP contribution < -0.4 is 4.90 Å². The van der Waals surface area contributed by atoms with Crippen LogP contribution in [-0.2, 0) is 16.2 Å². The first kappa shape index (κ1) is 38.5. The first-order valence-corrected chi connectivity index (χ1v) is 23.3. The zero-order chi connectivity index (χ0) is 44.0. The van der Waals surface area contributed by atoms with Crippen LogP contribution in [0.3, 0.4) is 0 Å². The van der Waals surface area contributed by atoms with Crippen LogP contribution >= 0.6 is 0 Å². The fourth-order valence-corrected chi connectivity index (χ4v) is 12.5. The molecule has 0 saturated carbocycles. The van der Waals surface area contributed by atoms with E-state index in [0.717, 1.165) is 17.1 Å². The number of anilines is 3. The third kappa shape index (κ3) is 5.17. The summed E-state index contributed by atoms with van der Waals surface area (Å²) in [4.78, 5) is 2.37. The van der Waals surface area contributed by atoms with Gasteiger partial charge in [-0.25, -0.2) is 0 Å². The Kier molecular flexibility index (Phi) is 8.45. The van der Waals surface area contributed by atoms with E-state index < -0.39 is 10.8 Å². The van der Waals surface area contributed by atoms with E-state index in [1.807, 2.05) is 0 Å². The topological polar surface area (TPSA) is 3.24 Å². The van der Waals surface area contributed by atoms with Crippen LogP contribution in [0.25, 0.3) is 33.4 Å². The Morgan fingerprint density at radius 1 is 0.273 bits per heavy atom. The molecule has 3 aliphatic rings. The van der Waals surface area contributed by atoms with Crippen molar-refractivity contribution in [1.29, 1.82) is 0 Å². The molecule has 0 N–H and O–H groups in total. The minimum absolute atomic E-state index is 0.249. The number of hydrogen-bond acceptors (Lipinski definition) is 1. The molecular weight excluding hydrogens is 795 g/mol. The van der Waals surface area contributed by atoms with Crippen molar-refractivity contribution in [1.82, 2.24) is 0 Å². The summed E-state index contributed by atoms with van der Waals surface area (Å²) < 4.78 is 0. The first-order chi connectivity index (χ1) is 32.5. The SMILES string of the molecule is CC1(C)c2cc(-c3ccccc3C3(c4ccccc4)c4ccccc4C4(c5ccccc5)c5ccccc5-c5cccc3c54)ccc2-c2ccc(N(c3ccccc3)c3ccccc3)cc21. The van der Waals surface area contributed by atoms with E-state index in [4.69, 9.17) is 0 Å². The van der Waals surface area contributed by atoms with Crippen LogP contribution in [0.4, 0.5) is 17.1 Å². The quantitative estimate of drug-likeness (QED) is 0.155. The second-order valence-corrected chi connectivity index (χ2v) is 18.7. The smallest absolute Gasteiger partial charge is 0.0720 e. The Bertz CT molecular complexity index is 3460. The molecule has 0 radical (unpaired) electrons. The molecule has 312 valence electrons. The molecule has 66 heavy (non-hydrogen) atoms. The van der Waals surface area contributed by atoms with Crippen LogP contribution in [0.5, 0.6) is 0 Å². The molecule has 13 rings (SSSR count). The maximum Gasteiger partial charge on any atom is 0.0720 e. The molecule has 0 saturated heterocycles. The van der Waals surface area contributed by atoms with Crippen LogP contribution in [-0.4, -0.2) is 0 Å². The largest absolute Gasteiger partial charge is 0.310 e. The van der Waals surface area contributed by atoms with Crippen molar-refractivity contribution in [3.8, 4) is 33.4 Å². The highest BCUT2D eigenvalue weighted by atomic mass is 15.1. The lowest BCUT2D eigenvalue weighted by atomic mass is 9.51. The number of benzene rings is 10. The van der Waals surface area contributed by atoms with Gasteiger partial charge >= 0.3 is 0 Å². The van der Waals surface area contributed by atoms with Crippen molar-refractivity contribution in [2.75, 3.05) is 4.90 Å². The van der Waals surface area contributed by atoms with Crippen LogP contribution in [0.1, 0.15) is 69.5 Å². The normalized spacial score (nSPS) is 17.8. The molecule has 10 aromatic rings. The number of fused-ring (bicyclic) bond motifs is 8. The highest BCUT2D eigenvalue weighted by Gasteiger charge is 2.58. The fourth-order valence-electron chi connectivity index (χ4n) is 12.5. The van der Waals surface area contributed by atoms with Crippen LogP contribution in [0.15, 0.2) is 249 Å². The predicted molar refractivity (Wildman–Crippen MR) is 273 cm³/mol. The summed E-state index contributed by atoms with van der Waals surface area (Å²) in [5.41, 5.74) is 23.0. The van der Waals surface area contributed by atoms with Gasteiger partial charge in [0, 0.05) is 22.5 Å². The first-order valence-electron chi connectivity index (χ1n) is 23.3. The lowest BCUT2D eigenvalue weighted by Gasteiger charge is -2.50. The van der Waals surface area contributed by atoms with E-state index in [9.17, 15) is 0 Å². The Labute approximate surface area is 388 Å². The maximum absolute atomic E-state index is 2.51. The third-order valence-electron chi connectivity index (χ3n) is 15.2. The number of nitrogens with zero attached hydrogens (tertiary/aromatic N) is 1. The van der Waals surface area contributed by atoms with Gasteiger partial charge in [0.2, 0.25) is 0 Å².